The maximum atomic E-state index is 4.81. The van der Waals surface area contributed by atoms with Crippen molar-refractivity contribution in [2.45, 2.75) is 18.5 Å². The zero-order valence-electron chi connectivity index (χ0n) is 19.4. The second kappa shape index (κ2) is 14.2. The third kappa shape index (κ3) is 7.36. The van der Waals surface area contributed by atoms with E-state index in [1.54, 1.807) is 0 Å². The number of halogens is 2. The molecule has 0 saturated carbocycles. The number of benzene rings is 4. The average Bonchev–Trinajstić information content (AvgIpc) is 2.91. The zero-order valence-corrected chi connectivity index (χ0v) is 22.4. The fourth-order valence-corrected chi connectivity index (χ4v) is 4.28. The molecule has 0 aliphatic rings. The molecule has 34 heavy (non-hydrogen) atoms. The van der Waals surface area contributed by atoms with Gasteiger partial charge in [0.1, 0.15) is 0 Å². The predicted octanol–water partition coefficient (Wildman–Crippen LogP) is 8.51. The van der Waals surface area contributed by atoms with Crippen molar-refractivity contribution in [1.29, 1.82) is 0 Å². The van der Waals surface area contributed by atoms with Crippen LogP contribution in [0.15, 0.2) is 121 Å². The first-order valence-electron chi connectivity index (χ1n) is 11.1. The fraction of sp³-hybridized carbons (Fsp3) is 0.172. The van der Waals surface area contributed by atoms with Crippen LogP contribution >= 0.6 is 19.1 Å². The van der Waals surface area contributed by atoms with Crippen LogP contribution in [0, 0.1) is 0 Å². The summed E-state index contributed by atoms with van der Waals surface area (Å²) in [5.74, 6) is 0. The van der Waals surface area contributed by atoms with Gasteiger partial charge in [-0.2, -0.15) is 0 Å². The van der Waals surface area contributed by atoms with E-state index in [0.29, 0.717) is 0 Å². The summed E-state index contributed by atoms with van der Waals surface area (Å²) in [6, 6.07) is 43.5. The van der Waals surface area contributed by atoms with Crippen LogP contribution < -0.4 is 9.80 Å². The van der Waals surface area contributed by atoms with Crippen molar-refractivity contribution in [1.82, 2.24) is 0 Å². The molecule has 2 nitrogen and oxygen atoms in total. The molecule has 0 aromatic heterocycles. The molecule has 4 aromatic rings. The molecule has 180 valence electrons. The van der Waals surface area contributed by atoms with Gasteiger partial charge in [0.25, 0.3) is 0 Å². The van der Waals surface area contributed by atoms with E-state index in [-0.39, 0.29) is 28.0 Å². The van der Waals surface area contributed by atoms with Crippen molar-refractivity contribution in [2.75, 3.05) is 23.9 Å². The van der Waals surface area contributed by atoms with Gasteiger partial charge in [-0.15, -0.1) is 0 Å². The SMILES string of the molecule is CN(c1ccccc1)C(CC(c1ccccc1)N(C)c1ccccc1)c1ccccc1.[Cl][Pd][Cl]. The minimum atomic E-state index is -0.106. The van der Waals surface area contributed by atoms with Gasteiger partial charge in [0.05, 0.1) is 12.1 Å². The quantitative estimate of drug-likeness (QED) is 0.192. The van der Waals surface area contributed by atoms with Crippen LogP contribution in [0.1, 0.15) is 29.6 Å². The first-order chi connectivity index (χ1) is 16.7. The molecular weight excluding hydrogens is 554 g/mol. The molecule has 0 spiro atoms. The van der Waals surface area contributed by atoms with Gasteiger partial charge < -0.3 is 9.80 Å². The Kier molecular flexibility index (Phi) is 11.0. The number of anilines is 2. The third-order valence-corrected chi connectivity index (χ3v) is 6.08. The Morgan fingerprint density at radius 2 is 0.794 bits per heavy atom. The van der Waals surface area contributed by atoms with Gasteiger partial charge in [0, 0.05) is 25.5 Å². The number of hydrogen-bond donors (Lipinski definition) is 0. The second-order valence-electron chi connectivity index (χ2n) is 8.03. The fourth-order valence-electron chi connectivity index (χ4n) is 4.28. The van der Waals surface area contributed by atoms with E-state index in [9.17, 15) is 0 Å². The van der Waals surface area contributed by atoms with Crippen LogP contribution in [-0.2, 0) is 15.9 Å². The summed E-state index contributed by atoms with van der Waals surface area (Å²) in [6.07, 6.45) is 0.963. The molecule has 0 bridgehead atoms. The normalized spacial score (nSPS) is 12.2. The number of hydrogen-bond acceptors (Lipinski definition) is 2. The molecular formula is C29H30Cl2N2Pd. The summed E-state index contributed by atoms with van der Waals surface area (Å²) in [5, 5.41) is 0. The van der Waals surface area contributed by atoms with Crippen molar-refractivity contribution in [3.63, 3.8) is 0 Å². The summed E-state index contributed by atoms with van der Waals surface area (Å²) in [7, 11) is 14.0. The van der Waals surface area contributed by atoms with Crippen LogP contribution in [-0.4, -0.2) is 14.1 Å². The molecule has 0 aliphatic heterocycles. The maximum absolute atomic E-state index is 4.81. The van der Waals surface area contributed by atoms with Crippen LogP contribution in [0.3, 0.4) is 0 Å². The standard InChI is InChI=1S/C29H30N2.2ClH.Pd/c1-30(26-19-11-5-12-20-26)28(24-15-7-3-8-16-24)23-29(25-17-9-4-10-18-25)31(2)27-21-13-6-14-22-27;;;/h3-22,28-29H,23H2,1-2H3;2*1H;/q;;;+2/p-2. The van der Waals surface area contributed by atoms with Crippen molar-refractivity contribution in [3.8, 4) is 0 Å². The molecule has 5 heteroatoms. The Morgan fingerprint density at radius 1 is 0.529 bits per heavy atom. The Balaban J connectivity index is 0.00000103. The van der Waals surface area contributed by atoms with Crippen LogP contribution in [0.4, 0.5) is 11.4 Å². The number of nitrogens with zero attached hydrogens (tertiary/aromatic N) is 2. The van der Waals surface area contributed by atoms with Crippen LogP contribution in [0.5, 0.6) is 0 Å². The molecule has 0 fully saturated rings. The van der Waals surface area contributed by atoms with Gasteiger partial charge >= 0.3 is 35.0 Å². The van der Waals surface area contributed by atoms with Gasteiger partial charge in [-0.3, -0.25) is 0 Å². The number of rotatable bonds is 8. The van der Waals surface area contributed by atoms with Gasteiger partial charge in [0.15, 0.2) is 0 Å². The number of para-hydroxylation sites is 2. The molecule has 0 radical (unpaired) electrons. The summed E-state index contributed by atoms with van der Waals surface area (Å²) in [6.45, 7) is 0. The Labute approximate surface area is 220 Å². The Bertz CT molecular complexity index is 979. The van der Waals surface area contributed by atoms with Crippen molar-refractivity contribution < 1.29 is 15.9 Å². The monoisotopic (exact) mass is 582 g/mol. The van der Waals surface area contributed by atoms with Gasteiger partial charge in [-0.05, 0) is 41.8 Å². The van der Waals surface area contributed by atoms with E-state index in [2.05, 4.69) is 145 Å². The third-order valence-electron chi connectivity index (χ3n) is 6.08. The van der Waals surface area contributed by atoms with Gasteiger partial charge in [-0.1, -0.05) is 97.1 Å². The van der Waals surface area contributed by atoms with E-state index in [0.717, 1.165) is 6.42 Å². The first-order valence-corrected chi connectivity index (χ1v) is 15.1. The first kappa shape index (κ1) is 26.3. The van der Waals surface area contributed by atoms with E-state index >= 15 is 0 Å². The molecule has 4 rings (SSSR count). The Hall–Kier alpha value is -2.28. The van der Waals surface area contributed by atoms with Crippen molar-refractivity contribution >= 4 is 30.4 Å². The summed E-state index contributed by atoms with van der Waals surface area (Å²) in [4.78, 5) is 4.81. The van der Waals surface area contributed by atoms with E-state index in [1.165, 1.54) is 22.5 Å². The summed E-state index contributed by atoms with van der Waals surface area (Å²) >= 11 is -0.106. The van der Waals surface area contributed by atoms with Crippen LogP contribution in [0.2, 0.25) is 0 Å². The van der Waals surface area contributed by atoms with E-state index < -0.39 is 0 Å². The van der Waals surface area contributed by atoms with Crippen molar-refractivity contribution in [2.24, 2.45) is 0 Å². The molecule has 4 aromatic carbocycles. The molecule has 0 heterocycles. The topological polar surface area (TPSA) is 6.48 Å². The average molecular weight is 584 g/mol. The minimum absolute atomic E-state index is 0.106. The molecule has 2 unspecified atom stereocenters. The molecule has 0 aliphatic carbocycles. The van der Waals surface area contributed by atoms with Gasteiger partial charge in [0.2, 0.25) is 0 Å². The Morgan fingerprint density at radius 3 is 1.09 bits per heavy atom. The summed E-state index contributed by atoms with van der Waals surface area (Å²) < 4.78 is 0. The molecule has 0 N–H and O–H groups in total. The van der Waals surface area contributed by atoms with E-state index in [1.807, 2.05) is 0 Å². The second-order valence-corrected chi connectivity index (χ2v) is 10.4. The predicted molar refractivity (Wildman–Crippen MR) is 144 cm³/mol. The van der Waals surface area contributed by atoms with Crippen LogP contribution in [0.25, 0.3) is 0 Å². The molecule has 0 saturated heterocycles. The van der Waals surface area contributed by atoms with E-state index in [4.69, 9.17) is 19.1 Å². The zero-order chi connectivity index (χ0) is 24.2. The molecule has 0 amide bonds. The van der Waals surface area contributed by atoms with Gasteiger partial charge in [-0.25, -0.2) is 0 Å². The van der Waals surface area contributed by atoms with Crippen molar-refractivity contribution in [3.05, 3.63) is 132 Å². The molecule has 2 atom stereocenters. The summed E-state index contributed by atoms with van der Waals surface area (Å²) in [5.41, 5.74) is 5.11.